The van der Waals surface area contributed by atoms with Gasteiger partial charge in [-0.05, 0) is 37.0 Å². The van der Waals surface area contributed by atoms with Gasteiger partial charge >= 0.3 is 0 Å². The summed E-state index contributed by atoms with van der Waals surface area (Å²) in [6.45, 7) is 7.80. The Labute approximate surface area is 191 Å². The van der Waals surface area contributed by atoms with Gasteiger partial charge in [-0.2, -0.15) is 0 Å². The van der Waals surface area contributed by atoms with Crippen molar-refractivity contribution >= 4 is 35.8 Å². The van der Waals surface area contributed by atoms with Gasteiger partial charge in [0.1, 0.15) is 0 Å². The molecule has 0 saturated carbocycles. The number of fused-ring (bicyclic) bond motifs is 1. The Morgan fingerprint density at radius 2 is 1.79 bits per heavy atom. The van der Waals surface area contributed by atoms with Crippen LogP contribution in [0, 0.1) is 6.92 Å². The highest BCUT2D eigenvalue weighted by Crippen LogP contribution is 2.22. The first-order valence-electron chi connectivity index (χ1n) is 10.1. The first kappa shape index (κ1) is 23.2. The number of hydrogen-bond donors (Lipinski definition) is 2. The summed E-state index contributed by atoms with van der Waals surface area (Å²) in [5, 5.41) is 6.60. The molecular formula is C23H31IN4O. The van der Waals surface area contributed by atoms with Crippen molar-refractivity contribution in [2.45, 2.75) is 46.3 Å². The van der Waals surface area contributed by atoms with E-state index in [0.717, 1.165) is 38.6 Å². The second kappa shape index (κ2) is 11.8. The topological polar surface area (TPSA) is 56.7 Å². The fourth-order valence-electron chi connectivity index (χ4n) is 3.44. The van der Waals surface area contributed by atoms with Crippen LogP contribution in [-0.4, -0.2) is 29.9 Å². The molecule has 0 bridgehead atoms. The lowest BCUT2D eigenvalue weighted by molar-refractivity contribution is -0.131. The maximum atomic E-state index is 12.5. The van der Waals surface area contributed by atoms with Crippen LogP contribution in [0.5, 0.6) is 0 Å². The van der Waals surface area contributed by atoms with E-state index in [1.165, 1.54) is 22.3 Å². The summed E-state index contributed by atoms with van der Waals surface area (Å²) < 4.78 is 0. The minimum absolute atomic E-state index is 0. The summed E-state index contributed by atoms with van der Waals surface area (Å²) in [7, 11) is 0. The number of hydrogen-bond acceptors (Lipinski definition) is 2. The Bertz CT molecular complexity index is 812. The molecule has 2 aromatic rings. The number of aryl methyl sites for hydroxylation is 1. The van der Waals surface area contributed by atoms with Gasteiger partial charge in [0.25, 0.3) is 0 Å². The summed E-state index contributed by atoms with van der Waals surface area (Å²) in [6.07, 6.45) is 1.35. The maximum absolute atomic E-state index is 12.5. The molecule has 1 heterocycles. The third kappa shape index (κ3) is 7.03. The second-order valence-corrected chi connectivity index (χ2v) is 7.23. The van der Waals surface area contributed by atoms with Gasteiger partial charge in [0.15, 0.2) is 5.96 Å². The molecule has 3 rings (SSSR count). The average molecular weight is 506 g/mol. The van der Waals surface area contributed by atoms with Gasteiger partial charge in [-0.25, -0.2) is 4.99 Å². The highest BCUT2D eigenvalue weighted by molar-refractivity contribution is 14.0. The lowest BCUT2D eigenvalue weighted by Crippen LogP contribution is -2.38. The van der Waals surface area contributed by atoms with Gasteiger partial charge in [0.2, 0.25) is 5.91 Å². The monoisotopic (exact) mass is 506 g/mol. The first-order valence-corrected chi connectivity index (χ1v) is 10.1. The summed E-state index contributed by atoms with van der Waals surface area (Å²) in [4.78, 5) is 19.1. The molecule has 156 valence electrons. The zero-order chi connectivity index (χ0) is 19.8. The Morgan fingerprint density at radius 1 is 1.07 bits per heavy atom. The van der Waals surface area contributed by atoms with Gasteiger partial charge in [0.05, 0.1) is 6.54 Å². The van der Waals surface area contributed by atoms with Crippen molar-refractivity contribution in [1.82, 2.24) is 15.5 Å². The maximum Gasteiger partial charge on any atom is 0.223 e. The molecule has 0 saturated heterocycles. The number of rotatable bonds is 7. The molecule has 1 aliphatic heterocycles. The third-order valence-corrected chi connectivity index (χ3v) is 4.90. The molecule has 0 fully saturated rings. The second-order valence-electron chi connectivity index (χ2n) is 7.23. The van der Waals surface area contributed by atoms with Crippen molar-refractivity contribution in [3.05, 3.63) is 70.8 Å². The third-order valence-electron chi connectivity index (χ3n) is 4.90. The molecule has 6 heteroatoms. The molecular weight excluding hydrogens is 475 g/mol. The molecule has 1 aliphatic rings. The number of carbonyl (C=O) groups excluding carboxylic acids is 1. The number of carbonyl (C=O) groups is 1. The average Bonchev–Trinajstić information content (AvgIpc) is 3.13. The number of guanidine groups is 1. The van der Waals surface area contributed by atoms with Crippen LogP contribution in [0.4, 0.5) is 0 Å². The van der Waals surface area contributed by atoms with Crippen molar-refractivity contribution < 1.29 is 4.79 Å². The highest BCUT2D eigenvalue weighted by Gasteiger charge is 2.22. The number of benzene rings is 2. The summed E-state index contributed by atoms with van der Waals surface area (Å²) in [6, 6.07) is 16.7. The molecule has 2 aromatic carbocycles. The molecule has 0 atom stereocenters. The van der Waals surface area contributed by atoms with E-state index in [2.05, 4.69) is 65.9 Å². The molecule has 0 aromatic heterocycles. The standard InChI is InChI=1S/C23H30N4O.HI/c1-3-24-23(26-15-19-9-6-8-18(2)14-19)25-13-7-12-22(28)27-16-20-10-4-5-11-21(20)17-27;/h4-6,8-11,14H,3,7,12-13,15-17H2,1-2H3,(H2,24,25,26);1H. The van der Waals surface area contributed by atoms with Crippen LogP contribution in [0.2, 0.25) is 0 Å². The quantitative estimate of drug-likeness (QED) is 0.259. The fraction of sp³-hybridized carbons (Fsp3) is 0.391. The van der Waals surface area contributed by atoms with Crippen LogP contribution in [0.25, 0.3) is 0 Å². The molecule has 0 spiro atoms. The first-order chi connectivity index (χ1) is 13.7. The SMILES string of the molecule is CCNC(=NCc1cccc(C)c1)NCCCC(=O)N1Cc2ccccc2C1.I. The normalized spacial score (nSPS) is 12.9. The van der Waals surface area contributed by atoms with Crippen molar-refractivity contribution in [2.75, 3.05) is 13.1 Å². The van der Waals surface area contributed by atoms with E-state index in [1.54, 1.807) is 0 Å². The number of halogens is 1. The molecule has 0 radical (unpaired) electrons. The molecule has 1 amide bonds. The summed E-state index contributed by atoms with van der Waals surface area (Å²) in [5.74, 6) is 1.02. The number of amides is 1. The van der Waals surface area contributed by atoms with Gasteiger partial charge in [-0.1, -0.05) is 54.1 Å². The number of nitrogens with zero attached hydrogens (tertiary/aromatic N) is 2. The Kier molecular flexibility index (Phi) is 9.44. The molecule has 5 nitrogen and oxygen atoms in total. The van der Waals surface area contributed by atoms with Gasteiger partial charge < -0.3 is 15.5 Å². The van der Waals surface area contributed by atoms with E-state index in [4.69, 9.17) is 0 Å². The predicted octanol–water partition coefficient (Wildman–Crippen LogP) is 3.99. The van der Waals surface area contributed by atoms with Gasteiger partial charge in [-0.15, -0.1) is 24.0 Å². The van der Waals surface area contributed by atoms with Crippen LogP contribution < -0.4 is 10.6 Å². The molecule has 0 unspecified atom stereocenters. The number of aliphatic imine (C=N–C) groups is 1. The van der Waals surface area contributed by atoms with Crippen LogP contribution in [0.1, 0.15) is 42.0 Å². The largest absolute Gasteiger partial charge is 0.357 e. The van der Waals surface area contributed by atoms with Gasteiger partial charge in [-0.3, -0.25) is 4.79 Å². The Morgan fingerprint density at radius 3 is 2.45 bits per heavy atom. The van der Waals surface area contributed by atoms with E-state index < -0.39 is 0 Å². The van der Waals surface area contributed by atoms with Crippen molar-refractivity contribution in [1.29, 1.82) is 0 Å². The zero-order valence-corrected chi connectivity index (χ0v) is 19.6. The van der Waals surface area contributed by atoms with Crippen LogP contribution >= 0.6 is 24.0 Å². The smallest absolute Gasteiger partial charge is 0.223 e. The van der Waals surface area contributed by atoms with E-state index >= 15 is 0 Å². The molecule has 0 aliphatic carbocycles. The van der Waals surface area contributed by atoms with Crippen molar-refractivity contribution in [3.63, 3.8) is 0 Å². The summed E-state index contributed by atoms with van der Waals surface area (Å²) >= 11 is 0. The number of nitrogens with one attached hydrogen (secondary N) is 2. The summed E-state index contributed by atoms with van der Waals surface area (Å²) in [5.41, 5.74) is 4.98. The molecule has 2 N–H and O–H groups in total. The van der Waals surface area contributed by atoms with Gasteiger partial charge in [0, 0.05) is 32.6 Å². The van der Waals surface area contributed by atoms with Crippen molar-refractivity contribution in [3.8, 4) is 0 Å². The predicted molar refractivity (Wildman–Crippen MR) is 129 cm³/mol. The lowest BCUT2D eigenvalue weighted by Gasteiger charge is -2.16. The van der Waals surface area contributed by atoms with E-state index in [1.807, 2.05) is 17.0 Å². The van der Waals surface area contributed by atoms with E-state index in [9.17, 15) is 4.79 Å². The minimum atomic E-state index is 0. The lowest BCUT2D eigenvalue weighted by atomic mass is 10.1. The van der Waals surface area contributed by atoms with Crippen LogP contribution in [0.15, 0.2) is 53.5 Å². The Hall–Kier alpha value is -2.09. The van der Waals surface area contributed by atoms with E-state index in [-0.39, 0.29) is 29.9 Å². The zero-order valence-electron chi connectivity index (χ0n) is 17.3. The van der Waals surface area contributed by atoms with Crippen molar-refractivity contribution in [2.24, 2.45) is 4.99 Å². The molecule has 29 heavy (non-hydrogen) atoms. The minimum Gasteiger partial charge on any atom is -0.357 e. The van der Waals surface area contributed by atoms with Crippen LogP contribution in [0.3, 0.4) is 0 Å². The van der Waals surface area contributed by atoms with E-state index in [0.29, 0.717) is 13.0 Å². The Balaban J connectivity index is 0.00000300. The van der Waals surface area contributed by atoms with Crippen LogP contribution in [-0.2, 0) is 24.4 Å². The fourth-order valence-corrected chi connectivity index (χ4v) is 3.44. The highest BCUT2D eigenvalue weighted by atomic mass is 127.